The number of carboxylic acid groups (broad SMARTS) is 1. The van der Waals surface area contributed by atoms with E-state index in [-0.39, 0.29) is 17.2 Å². The van der Waals surface area contributed by atoms with Gasteiger partial charge >= 0.3 is 5.97 Å². The highest BCUT2D eigenvalue weighted by atomic mass is 32.2. The smallest absolute Gasteiger partial charge is 0.304 e. The second-order valence-electron chi connectivity index (χ2n) is 3.34. The minimum absolute atomic E-state index is 0.0192. The molecule has 1 heterocycles. The summed E-state index contributed by atoms with van der Waals surface area (Å²) < 4.78 is 25.1. The third-order valence-electron chi connectivity index (χ3n) is 2.02. The molecule has 0 unspecified atom stereocenters. The molecule has 1 N–H and O–H groups in total. The number of carbonyl (C=O) groups is 1. The molecule has 0 bridgehead atoms. The lowest BCUT2D eigenvalue weighted by molar-refractivity contribution is -0.137. The molecule has 0 atom stereocenters. The molecule has 0 fully saturated rings. The SMILES string of the molecule is Cc1ccc(S(=O)(=O)N(C)CCC(=O)O)s1. The molecule has 0 aliphatic rings. The van der Waals surface area contributed by atoms with Crippen LogP contribution >= 0.6 is 11.3 Å². The Bertz CT molecular complexity index is 477. The summed E-state index contributed by atoms with van der Waals surface area (Å²) in [7, 11) is -2.14. The number of rotatable bonds is 5. The van der Waals surface area contributed by atoms with Crippen molar-refractivity contribution in [1.29, 1.82) is 0 Å². The molecule has 0 saturated heterocycles. The van der Waals surface area contributed by atoms with Gasteiger partial charge < -0.3 is 5.11 Å². The Morgan fingerprint density at radius 1 is 1.50 bits per heavy atom. The second kappa shape index (κ2) is 4.94. The van der Waals surface area contributed by atoms with E-state index in [2.05, 4.69) is 0 Å². The van der Waals surface area contributed by atoms with Gasteiger partial charge in [-0.05, 0) is 19.1 Å². The fourth-order valence-electron chi connectivity index (χ4n) is 1.08. The normalized spacial score (nSPS) is 11.9. The first-order chi connectivity index (χ1) is 7.34. The zero-order valence-corrected chi connectivity index (χ0v) is 10.6. The maximum Gasteiger partial charge on any atom is 0.304 e. The highest BCUT2D eigenvalue weighted by Gasteiger charge is 2.22. The molecule has 16 heavy (non-hydrogen) atoms. The van der Waals surface area contributed by atoms with Crippen LogP contribution in [0.2, 0.25) is 0 Å². The van der Waals surface area contributed by atoms with E-state index in [0.717, 1.165) is 9.18 Å². The van der Waals surface area contributed by atoms with Crippen LogP contribution in [0, 0.1) is 6.92 Å². The number of aliphatic carboxylic acids is 1. The van der Waals surface area contributed by atoms with Gasteiger partial charge in [0.2, 0.25) is 0 Å². The lowest BCUT2D eigenvalue weighted by Gasteiger charge is -2.14. The van der Waals surface area contributed by atoms with E-state index in [0.29, 0.717) is 0 Å². The molecular formula is C9H13NO4S2. The van der Waals surface area contributed by atoms with E-state index in [1.54, 1.807) is 6.07 Å². The summed E-state index contributed by atoms with van der Waals surface area (Å²) >= 11 is 1.18. The topological polar surface area (TPSA) is 74.7 Å². The number of hydrogen-bond donors (Lipinski definition) is 1. The van der Waals surface area contributed by atoms with Crippen molar-refractivity contribution in [2.24, 2.45) is 0 Å². The summed E-state index contributed by atoms with van der Waals surface area (Å²) in [6.07, 6.45) is -0.194. The van der Waals surface area contributed by atoms with Crippen molar-refractivity contribution >= 4 is 27.3 Å². The van der Waals surface area contributed by atoms with Gasteiger partial charge in [0.25, 0.3) is 10.0 Å². The summed E-state index contributed by atoms with van der Waals surface area (Å²) in [6.45, 7) is 1.80. The quantitative estimate of drug-likeness (QED) is 0.864. The molecule has 90 valence electrons. The fraction of sp³-hybridized carbons (Fsp3) is 0.444. The summed E-state index contributed by atoms with van der Waals surface area (Å²) in [5.41, 5.74) is 0. The fourth-order valence-corrected chi connectivity index (χ4v) is 3.74. The van der Waals surface area contributed by atoms with Gasteiger partial charge in [-0.25, -0.2) is 8.42 Å². The Labute approximate surface area is 98.4 Å². The molecule has 7 heteroatoms. The molecule has 1 aromatic rings. The zero-order valence-electron chi connectivity index (χ0n) is 9.00. The van der Waals surface area contributed by atoms with Crippen molar-refractivity contribution in [1.82, 2.24) is 4.31 Å². The third-order valence-corrected chi connectivity index (χ3v) is 5.35. The van der Waals surface area contributed by atoms with Crippen LogP contribution in [0.1, 0.15) is 11.3 Å². The van der Waals surface area contributed by atoms with E-state index >= 15 is 0 Å². The van der Waals surface area contributed by atoms with Gasteiger partial charge in [0, 0.05) is 18.5 Å². The third kappa shape index (κ3) is 3.03. The first-order valence-corrected chi connectivity index (χ1v) is 6.84. The second-order valence-corrected chi connectivity index (χ2v) is 6.90. The number of hydrogen-bond acceptors (Lipinski definition) is 4. The minimum Gasteiger partial charge on any atom is -0.481 e. The summed E-state index contributed by atoms with van der Waals surface area (Å²) in [6, 6.07) is 3.26. The van der Waals surface area contributed by atoms with Crippen molar-refractivity contribution in [3.8, 4) is 0 Å². The van der Waals surface area contributed by atoms with Gasteiger partial charge in [-0.1, -0.05) is 0 Å². The molecule has 0 amide bonds. The summed E-state index contributed by atoms with van der Waals surface area (Å²) in [4.78, 5) is 11.3. The molecule has 5 nitrogen and oxygen atoms in total. The van der Waals surface area contributed by atoms with Crippen LogP contribution < -0.4 is 0 Å². The predicted molar refractivity (Wildman–Crippen MR) is 61.1 cm³/mol. The Morgan fingerprint density at radius 2 is 2.12 bits per heavy atom. The number of carboxylic acids is 1. The lowest BCUT2D eigenvalue weighted by Crippen LogP contribution is -2.28. The molecule has 0 saturated carbocycles. The average Bonchev–Trinajstić information content (AvgIpc) is 2.61. The van der Waals surface area contributed by atoms with Crippen molar-refractivity contribution < 1.29 is 18.3 Å². The van der Waals surface area contributed by atoms with Crippen molar-refractivity contribution in [2.75, 3.05) is 13.6 Å². The van der Waals surface area contributed by atoms with Crippen LogP contribution in [0.4, 0.5) is 0 Å². The van der Waals surface area contributed by atoms with E-state index in [4.69, 9.17) is 5.11 Å². The predicted octanol–water partition coefficient (Wildman–Crippen LogP) is 1.15. The Morgan fingerprint density at radius 3 is 2.56 bits per heavy atom. The summed E-state index contributed by atoms with van der Waals surface area (Å²) in [5, 5.41) is 8.48. The maximum atomic E-state index is 11.9. The van der Waals surface area contributed by atoms with Gasteiger partial charge in [0.05, 0.1) is 6.42 Å². The number of aryl methyl sites for hydroxylation is 1. The molecule has 0 aromatic carbocycles. The van der Waals surface area contributed by atoms with Crippen molar-refractivity contribution in [3.05, 3.63) is 17.0 Å². The Hall–Kier alpha value is -0.920. The number of thiophene rings is 1. The largest absolute Gasteiger partial charge is 0.481 e. The lowest BCUT2D eigenvalue weighted by atomic mass is 10.4. The van der Waals surface area contributed by atoms with Gasteiger partial charge in [-0.3, -0.25) is 4.79 Å². The zero-order chi connectivity index (χ0) is 12.3. The van der Waals surface area contributed by atoms with Crippen LogP contribution in [0.25, 0.3) is 0 Å². The van der Waals surface area contributed by atoms with Gasteiger partial charge in [0.15, 0.2) is 0 Å². The Balaban J connectivity index is 2.82. The molecule has 0 radical (unpaired) electrons. The molecule has 0 spiro atoms. The average molecular weight is 263 g/mol. The standard InChI is InChI=1S/C9H13NO4S2/c1-7-3-4-9(15-7)16(13,14)10(2)6-5-8(11)12/h3-4H,5-6H2,1-2H3,(H,11,12). The van der Waals surface area contributed by atoms with Crippen molar-refractivity contribution in [3.63, 3.8) is 0 Å². The van der Waals surface area contributed by atoms with E-state index < -0.39 is 16.0 Å². The molecule has 0 aliphatic carbocycles. The van der Waals surface area contributed by atoms with Gasteiger partial charge in [-0.2, -0.15) is 4.31 Å². The highest BCUT2D eigenvalue weighted by Crippen LogP contribution is 2.23. The highest BCUT2D eigenvalue weighted by molar-refractivity contribution is 7.91. The van der Waals surface area contributed by atoms with Gasteiger partial charge in [0.1, 0.15) is 4.21 Å². The Kier molecular flexibility index (Phi) is 4.06. The number of sulfonamides is 1. The minimum atomic E-state index is -3.53. The number of nitrogens with zero attached hydrogens (tertiary/aromatic N) is 1. The summed E-state index contributed by atoms with van der Waals surface area (Å²) in [5.74, 6) is -1.01. The monoisotopic (exact) mass is 263 g/mol. The first-order valence-electron chi connectivity index (χ1n) is 4.58. The maximum absolute atomic E-state index is 11.9. The van der Waals surface area contributed by atoms with Crippen LogP contribution in [0.5, 0.6) is 0 Å². The van der Waals surface area contributed by atoms with Crippen LogP contribution in [0.3, 0.4) is 0 Å². The van der Waals surface area contributed by atoms with E-state index in [1.807, 2.05) is 6.92 Å². The van der Waals surface area contributed by atoms with Crippen LogP contribution in [-0.4, -0.2) is 37.4 Å². The van der Waals surface area contributed by atoms with Crippen LogP contribution in [0.15, 0.2) is 16.3 Å². The van der Waals surface area contributed by atoms with Gasteiger partial charge in [-0.15, -0.1) is 11.3 Å². The first kappa shape index (κ1) is 13.1. The van der Waals surface area contributed by atoms with Crippen LogP contribution in [-0.2, 0) is 14.8 Å². The molecule has 1 rings (SSSR count). The molecular weight excluding hydrogens is 250 g/mol. The van der Waals surface area contributed by atoms with Crippen molar-refractivity contribution in [2.45, 2.75) is 17.6 Å². The molecule has 0 aliphatic heterocycles. The van der Waals surface area contributed by atoms with E-state index in [9.17, 15) is 13.2 Å². The molecule has 1 aromatic heterocycles. The van der Waals surface area contributed by atoms with E-state index in [1.165, 1.54) is 24.5 Å².